The summed E-state index contributed by atoms with van der Waals surface area (Å²) in [4.78, 5) is 37.2. The number of carbonyl (C=O) groups excluding carboxylic acids is 1. The van der Waals surface area contributed by atoms with Gasteiger partial charge in [0, 0.05) is 50.6 Å². The highest BCUT2D eigenvalue weighted by molar-refractivity contribution is 6.29. The first-order valence-corrected chi connectivity index (χ1v) is 13.0. The Labute approximate surface area is 231 Å². The molecule has 0 aliphatic carbocycles. The van der Waals surface area contributed by atoms with Gasteiger partial charge in [0.15, 0.2) is 0 Å². The van der Waals surface area contributed by atoms with Gasteiger partial charge < -0.3 is 24.7 Å². The maximum absolute atomic E-state index is 12.3. The van der Waals surface area contributed by atoms with E-state index in [0.717, 1.165) is 41.8 Å². The van der Waals surface area contributed by atoms with Crippen molar-refractivity contribution in [2.45, 2.75) is 32.9 Å². The number of piperazine rings is 1. The van der Waals surface area contributed by atoms with Gasteiger partial charge in [0.1, 0.15) is 16.6 Å². The highest BCUT2D eigenvalue weighted by atomic mass is 35.5. The third kappa shape index (κ3) is 6.73. The van der Waals surface area contributed by atoms with Crippen molar-refractivity contribution >= 4 is 40.5 Å². The minimum absolute atomic E-state index is 0.209. The van der Waals surface area contributed by atoms with Crippen LogP contribution >= 0.6 is 11.6 Å². The minimum atomic E-state index is -0.490. The van der Waals surface area contributed by atoms with Gasteiger partial charge in [-0.2, -0.15) is 9.97 Å². The van der Waals surface area contributed by atoms with E-state index in [-0.39, 0.29) is 12.1 Å². The Morgan fingerprint density at radius 2 is 1.87 bits per heavy atom. The largest absolute Gasteiger partial charge is 0.467 e. The van der Waals surface area contributed by atoms with Crippen LogP contribution in [0.3, 0.4) is 0 Å². The van der Waals surface area contributed by atoms with Gasteiger partial charge in [-0.3, -0.25) is 4.90 Å². The van der Waals surface area contributed by atoms with Crippen LogP contribution in [0.1, 0.15) is 26.3 Å². The highest BCUT2D eigenvalue weighted by Crippen LogP contribution is 2.26. The molecule has 2 N–H and O–H groups in total. The Morgan fingerprint density at radius 3 is 2.62 bits per heavy atom. The Morgan fingerprint density at radius 1 is 1.08 bits per heavy atom. The molecule has 0 spiro atoms. The Kier molecular flexibility index (Phi) is 7.53. The van der Waals surface area contributed by atoms with Gasteiger partial charge in [0.25, 0.3) is 0 Å². The lowest BCUT2D eigenvalue weighted by atomic mass is 10.1. The normalized spacial score (nSPS) is 14.4. The second-order valence-corrected chi connectivity index (χ2v) is 10.7. The number of fused-ring (bicyclic) bond motifs is 1. The molecule has 0 saturated carbocycles. The summed E-state index contributed by atoms with van der Waals surface area (Å²) in [6.07, 6.45) is 1.53. The molecule has 5 rings (SSSR count). The zero-order valence-electron chi connectivity index (χ0n) is 22.4. The fraction of sp³-hybridized carbons (Fsp3) is 0.370. The van der Waals surface area contributed by atoms with Crippen LogP contribution in [0.15, 0.2) is 42.6 Å². The van der Waals surface area contributed by atoms with Crippen LogP contribution in [0.25, 0.3) is 22.3 Å². The monoisotopic (exact) mass is 550 g/mol. The summed E-state index contributed by atoms with van der Waals surface area (Å²) in [6.45, 7) is 9.24. The Balaban J connectivity index is 1.22. The zero-order chi connectivity index (χ0) is 27.6. The number of aromatic nitrogens is 5. The van der Waals surface area contributed by atoms with Crippen molar-refractivity contribution in [2.75, 3.05) is 38.6 Å². The fourth-order valence-electron chi connectivity index (χ4n) is 4.30. The fourth-order valence-corrected chi connectivity index (χ4v) is 4.48. The Bertz CT molecular complexity index is 1480. The number of nitrogens with zero attached hydrogens (tertiary/aromatic N) is 6. The predicted octanol–water partition coefficient (Wildman–Crippen LogP) is 4.87. The maximum Gasteiger partial charge on any atom is 0.410 e. The van der Waals surface area contributed by atoms with Gasteiger partial charge in [-0.05, 0) is 50.6 Å². The molecule has 0 radical (unpaired) electrons. The SMILES string of the molecule is COc1nc(Cl)cc(-c2ccc3nc(Nc4cc(CN5CCN(C(=O)OC(C)(C)C)CC5)ccn4)[nH]c3c2)n1. The summed E-state index contributed by atoms with van der Waals surface area (Å²) in [5, 5.41) is 3.57. The van der Waals surface area contributed by atoms with E-state index < -0.39 is 5.60 Å². The van der Waals surface area contributed by atoms with E-state index >= 15 is 0 Å². The van der Waals surface area contributed by atoms with E-state index in [1.807, 2.05) is 51.1 Å². The molecule has 3 aromatic heterocycles. The van der Waals surface area contributed by atoms with Crippen molar-refractivity contribution in [1.29, 1.82) is 0 Å². The number of hydrogen-bond acceptors (Lipinski definition) is 9. The summed E-state index contributed by atoms with van der Waals surface area (Å²) >= 11 is 6.11. The van der Waals surface area contributed by atoms with Gasteiger partial charge in [-0.15, -0.1) is 0 Å². The molecule has 0 atom stereocenters. The topological polar surface area (TPSA) is 121 Å². The van der Waals surface area contributed by atoms with Crippen molar-refractivity contribution in [3.63, 3.8) is 0 Å². The van der Waals surface area contributed by atoms with Crippen LogP contribution < -0.4 is 10.1 Å². The molecular formula is C27H31ClN8O3. The molecule has 4 aromatic rings. The predicted molar refractivity (Wildman–Crippen MR) is 149 cm³/mol. The van der Waals surface area contributed by atoms with Crippen LogP contribution in [0, 0.1) is 0 Å². The van der Waals surface area contributed by atoms with Gasteiger partial charge in [0.2, 0.25) is 5.95 Å². The van der Waals surface area contributed by atoms with E-state index in [2.05, 4.69) is 35.1 Å². The average molecular weight is 551 g/mol. The van der Waals surface area contributed by atoms with E-state index in [1.165, 1.54) is 7.11 Å². The standard InChI is InChI=1S/C27H31ClN8O3/c1-27(2,3)39-26(37)36-11-9-35(10-12-36)16-17-7-8-29-23(13-17)34-24-30-19-6-5-18(14-21(19)31-24)20-15-22(28)33-25(32-20)38-4/h5-8,13-15H,9-12,16H2,1-4H3,(H2,29,30,31,34). The first-order chi connectivity index (χ1) is 18.6. The molecule has 1 amide bonds. The van der Waals surface area contributed by atoms with Gasteiger partial charge in [0.05, 0.1) is 23.8 Å². The third-order valence-corrected chi connectivity index (χ3v) is 6.33. The molecule has 12 heteroatoms. The van der Waals surface area contributed by atoms with Crippen LogP contribution in [-0.4, -0.2) is 79.7 Å². The maximum atomic E-state index is 12.3. The van der Waals surface area contributed by atoms with Crippen molar-refractivity contribution in [1.82, 2.24) is 34.7 Å². The second kappa shape index (κ2) is 11.0. The number of imidazole rings is 1. The molecule has 1 aliphatic heterocycles. The summed E-state index contributed by atoms with van der Waals surface area (Å²) in [5.74, 6) is 1.27. The van der Waals surface area contributed by atoms with E-state index in [0.29, 0.717) is 35.7 Å². The number of anilines is 2. The molecule has 4 heterocycles. The van der Waals surface area contributed by atoms with E-state index in [9.17, 15) is 4.79 Å². The van der Waals surface area contributed by atoms with Gasteiger partial charge >= 0.3 is 12.1 Å². The highest BCUT2D eigenvalue weighted by Gasteiger charge is 2.25. The average Bonchev–Trinajstić information content (AvgIpc) is 3.29. The van der Waals surface area contributed by atoms with E-state index in [1.54, 1.807) is 17.2 Å². The summed E-state index contributed by atoms with van der Waals surface area (Å²) in [5.41, 5.74) is 3.77. The number of hydrogen-bond donors (Lipinski definition) is 2. The molecule has 1 aliphatic rings. The molecule has 204 valence electrons. The van der Waals surface area contributed by atoms with Crippen molar-refractivity contribution in [3.8, 4) is 17.3 Å². The number of ether oxygens (including phenoxy) is 2. The van der Waals surface area contributed by atoms with Crippen LogP contribution in [-0.2, 0) is 11.3 Å². The zero-order valence-corrected chi connectivity index (χ0v) is 23.1. The van der Waals surface area contributed by atoms with Crippen LogP contribution in [0.4, 0.5) is 16.6 Å². The second-order valence-electron chi connectivity index (χ2n) is 10.3. The first-order valence-electron chi connectivity index (χ1n) is 12.7. The lowest BCUT2D eigenvalue weighted by Gasteiger charge is -2.35. The molecule has 1 fully saturated rings. The molecule has 0 unspecified atom stereocenters. The summed E-state index contributed by atoms with van der Waals surface area (Å²) in [6, 6.07) is 11.7. The van der Waals surface area contributed by atoms with Crippen molar-refractivity contribution in [3.05, 3.63) is 53.3 Å². The molecular weight excluding hydrogens is 520 g/mol. The molecule has 0 bridgehead atoms. The van der Waals surface area contributed by atoms with Gasteiger partial charge in [-0.1, -0.05) is 17.7 Å². The van der Waals surface area contributed by atoms with Crippen molar-refractivity contribution < 1.29 is 14.3 Å². The number of nitrogens with one attached hydrogen (secondary N) is 2. The number of H-pyrrole nitrogens is 1. The summed E-state index contributed by atoms with van der Waals surface area (Å²) in [7, 11) is 1.50. The molecule has 1 saturated heterocycles. The lowest BCUT2D eigenvalue weighted by molar-refractivity contribution is 0.0139. The lowest BCUT2D eigenvalue weighted by Crippen LogP contribution is -2.49. The molecule has 39 heavy (non-hydrogen) atoms. The quantitative estimate of drug-likeness (QED) is 0.324. The first kappa shape index (κ1) is 26.6. The van der Waals surface area contributed by atoms with E-state index in [4.69, 9.17) is 21.1 Å². The smallest absolute Gasteiger partial charge is 0.410 e. The molecule has 11 nitrogen and oxygen atoms in total. The number of methoxy groups -OCH3 is 1. The van der Waals surface area contributed by atoms with Crippen molar-refractivity contribution in [2.24, 2.45) is 0 Å². The summed E-state index contributed by atoms with van der Waals surface area (Å²) < 4.78 is 10.6. The minimum Gasteiger partial charge on any atom is -0.467 e. The van der Waals surface area contributed by atoms with Crippen LogP contribution in [0.2, 0.25) is 5.15 Å². The molecule has 1 aromatic carbocycles. The number of rotatable bonds is 6. The number of amides is 1. The number of pyridine rings is 1. The number of benzene rings is 1. The number of carbonyl (C=O) groups is 1. The number of aromatic amines is 1. The Hall–Kier alpha value is -3.96. The van der Waals surface area contributed by atoms with Gasteiger partial charge in [-0.25, -0.2) is 14.8 Å². The number of halogens is 1. The third-order valence-electron chi connectivity index (χ3n) is 6.14. The van der Waals surface area contributed by atoms with Crippen LogP contribution in [0.5, 0.6) is 6.01 Å².